The molecule has 2 aromatic rings. The Bertz CT molecular complexity index is 1280. The fourth-order valence-electron chi connectivity index (χ4n) is 6.16. The largest absolute Gasteiger partial charge is 0.292 e. The van der Waals surface area contributed by atoms with Crippen molar-refractivity contribution in [2.75, 3.05) is 6.54 Å². The van der Waals surface area contributed by atoms with E-state index in [1.807, 2.05) is 6.92 Å². The molecule has 0 unspecified atom stereocenters. The third-order valence-electron chi connectivity index (χ3n) is 7.95. The molecule has 0 N–H and O–H groups in total. The third-order valence-corrected chi connectivity index (χ3v) is 8.69. The molecule has 6 atom stereocenters. The topological polar surface area (TPSA) is 74.8 Å². The highest BCUT2D eigenvalue weighted by Gasteiger charge is 2.68. The maximum atomic E-state index is 13.7. The molecule has 0 spiro atoms. The van der Waals surface area contributed by atoms with Gasteiger partial charge in [-0.15, -0.1) is 0 Å². The number of hydrogen-bond acceptors (Lipinski definition) is 4. The number of rotatable bonds is 5. The number of amides is 3. The van der Waals surface area contributed by atoms with E-state index in [-0.39, 0.29) is 33.2 Å². The van der Waals surface area contributed by atoms with Crippen LogP contribution in [0.3, 0.4) is 0 Å². The number of nitrogens with zero attached hydrogens (tertiary/aromatic N) is 2. The number of hydrogen-bond donors (Lipinski definition) is 0. The Balaban J connectivity index is 1.37. The van der Waals surface area contributed by atoms with Gasteiger partial charge in [-0.3, -0.25) is 19.2 Å². The van der Waals surface area contributed by atoms with E-state index in [9.17, 15) is 19.2 Å². The zero-order valence-electron chi connectivity index (χ0n) is 18.9. The van der Waals surface area contributed by atoms with Crippen molar-refractivity contribution in [2.24, 2.45) is 35.5 Å². The van der Waals surface area contributed by atoms with E-state index in [4.69, 9.17) is 23.2 Å². The molecule has 0 aromatic heterocycles. The highest BCUT2D eigenvalue weighted by molar-refractivity contribution is 6.42. The van der Waals surface area contributed by atoms with Crippen LogP contribution >= 0.6 is 23.2 Å². The quantitative estimate of drug-likeness (QED) is 0.336. The molecule has 0 radical (unpaired) electrons. The van der Waals surface area contributed by atoms with Crippen molar-refractivity contribution < 1.29 is 19.2 Å². The molecule has 6 nitrogen and oxygen atoms in total. The summed E-state index contributed by atoms with van der Waals surface area (Å²) in [6.07, 6.45) is 5.17. The van der Waals surface area contributed by atoms with Crippen molar-refractivity contribution in [1.29, 1.82) is 0 Å². The Labute approximate surface area is 212 Å². The SMILES string of the molecule is Cc1ccc(C(=O)CN(C(=O)c2ccc(Cl)c(Cl)c2)N2C(=O)[C@@H]3[C@@H]4C=C[C@H]([C@@H]5C[C@H]45)[C@@H]3C2=O)cc1. The molecule has 1 aliphatic heterocycles. The standard InChI is InChI=1S/C27H22Cl2N2O4/c1-13-2-4-14(5-3-13)22(32)12-30(25(33)15-6-9-20(28)21(29)10-15)31-26(34)23-16-7-8-17(19-11-18(16)19)24(23)27(31)35/h2-10,16-19,23-24H,11-12H2,1H3/t16-,17-,18-,19+,23-,24+/m1/s1. The lowest BCUT2D eigenvalue weighted by atomic mass is 9.63. The minimum Gasteiger partial charge on any atom is -0.292 e. The van der Waals surface area contributed by atoms with Gasteiger partial charge in [0.2, 0.25) is 0 Å². The summed E-state index contributed by atoms with van der Waals surface area (Å²) in [5.41, 5.74) is 1.51. The third kappa shape index (κ3) is 3.46. The number of carbonyl (C=O) groups excluding carboxylic acids is 4. The predicted octanol–water partition coefficient (Wildman–Crippen LogP) is 4.60. The Hall–Kier alpha value is -2.96. The van der Waals surface area contributed by atoms with Crippen LogP contribution in [0.25, 0.3) is 0 Å². The number of allylic oxidation sites excluding steroid dienone is 2. The van der Waals surface area contributed by atoms with Crippen LogP contribution in [0.2, 0.25) is 10.0 Å². The average Bonchev–Trinajstić information content (AvgIpc) is 3.63. The first-order chi connectivity index (χ1) is 16.8. The van der Waals surface area contributed by atoms with Crippen LogP contribution in [0.5, 0.6) is 0 Å². The molecule has 178 valence electrons. The first-order valence-corrected chi connectivity index (χ1v) is 12.4. The summed E-state index contributed by atoms with van der Waals surface area (Å²) in [6.45, 7) is 1.46. The van der Waals surface area contributed by atoms with Gasteiger partial charge in [0.15, 0.2) is 5.78 Å². The Morgan fingerprint density at radius 2 is 1.46 bits per heavy atom. The molecule has 35 heavy (non-hydrogen) atoms. The van der Waals surface area contributed by atoms with Crippen molar-refractivity contribution >= 4 is 46.7 Å². The predicted molar refractivity (Wildman–Crippen MR) is 130 cm³/mol. The van der Waals surface area contributed by atoms with Crippen molar-refractivity contribution in [1.82, 2.24) is 10.0 Å². The van der Waals surface area contributed by atoms with Crippen molar-refractivity contribution in [3.05, 3.63) is 81.4 Å². The summed E-state index contributed by atoms with van der Waals surface area (Å²) in [5, 5.41) is 2.36. The van der Waals surface area contributed by atoms with Crippen LogP contribution in [0.15, 0.2) is 54.6 Å². The van der Waals surface area contributed by atoms with Gasteiger partial charge in [0, 0.05) is 11.1 Å². The molecule has 3 fully saturated rings. The van der Waals surface area contributed by atoms with Crippen molar-refractivity contribution in [3.63, 3.8) is 0 Å². The second kappa shape index (κ2) is 8.04. The lowest BCUT2D eigenvalue weighted by Gasteiger charge is -2.37. The second-order valence-corrected chi connectivity index (χ2v) is 10.7. The van der Waals surface area contributed by atoms with E-state index >= 15 is 0 Å². The van der Waals surface area contributed by atoms with Gasteiger partial charge in [0.25, 0.3) is 17.7 Å². The van der Waals surface area contributed by atoms with Gasteiger partial charge in [-0.05, 0) is 55.2 Å². The molecule has 2 bridgehead atoms. The maximum absolute atomic E-state index is 13.7. The fraction of sp³-hybridized carbons (Fsp3) is 0.333. The zero-order valence-corrected chi connectivity index (χ0v) is 20.4. The van der Waals surface area contributed by atoms with Gasteiger partial charge in [-0.2, -0.15) is 5.01 Å². The lowest BCUT2D eigenvalue weighted by molar-refractivity contribution is -0.154. The number of hydrazine groups is 1. The van der Waals surface area contributed by atoms with Crippen LogP contribution in [0.4, 0.5) is 0 Å². The number of carbonyl (C=O) groups is 4. The van der Waals surface area contributed by atoms with Gasteiger partial charge < -0.3 is 0 Å². The highest BCUT2D eigenvalue weighted by atomic mass is 35.5. The van der Waals surface area contributed by atoms with E-state index < -0.39 is 36.1 Å². The van der Waals surface area contributed by atoms with Crippen LogP contribution in [0.1, 0.15) is 32.7 Å². The normalized spacial score (nSPS) is 29.7. The summed E-state index contributed by atoms with van der Waals surface area (Å²) >= 11 is 12.2. The number of ketones is 1. The number of imide groups is 1. The van der Waals surface area contributed by atoms with Gasteiger partial charge in [0.05, 0.1) is 21.9 Å². The zero-order chi connectivity index (χ0) is 24.6. The maximum Gasteiger partial charge on any atom is 0.273 e. The molecule has 7 rings (SSSR count). The smallest absolute Gasteiger partial charge is 0.273 e. The summed E-state index contributed by atoms with van der Waals surface area (Å²) in [5.74, 6) is -1.96. The molecule has 3 amide bonds. The molecule has 1 heterocycles. The van der Waals surface area contributed by atoms with E-state index in [1.165, 1.54) is 18.2 Å². The molecule has 2 aromatic carbocycles. The average molecular weight is 509 g/mol. The van der Waals surface area contributed by atoms with Gasteiger partial charge in [-0.25, -0.2) is 5.01 Å². The molecule has 1 saturated heterocycles. The van der Waals surface area contributed by atoms with Crippen LogP contribution in [-0.4, -0.2) is 40.1 Å². The second-order valence-electron chi connectivity index (χ2n) is 9.92. The number of benzene rings is 2. The first-order valence-electron chi connectivity index (χ1n) is 11.7. The Morgan fingerprint density at radius 3 is 2.03 bits per heavy atom. The summed E-state index contributed by atoms with van der Waals surface area (Å²) in [6, 6.07) is 11.3. The lowest BCUT2D eigenvalue weighted by Crippen LogP contribution is -2.52. The van der Waals surface area contributed by atoms with Gasteiger partial charge in [0.1, 0.15) is 6.54 Å². The van der Waals surface area contributed by atoms with E-state index in [1.54, 1.807) is 24.3 Å². The monoisotopic (exact) mass is 508 g/mol. The number of Topliss-reactive ketones (excluding diaryl/α,β-unsaturated/α-hetero) is 1. The summed E-state index contributed by atoms with van der Waals surface area (Å²) in [4.78, 5) is 54.2. The minimum atomic E-state index is -0.658. The fourth-order valence-corrected chi connectivity index (χ4v) is 6.46. The van der Waals surface area contributed by atoms with Gasteiger partial charge >= 0.3 is 0 Å². The van der Waals surface area contributed by atoms with Crippen LogP contribution < -0.4 is 0 Å². The summed E-state index contributed by atoms with van der Waals surface area (Å²) < 4.78 is 0. The summed E-state index contributed by atoms with van der Waals surface area (Å²) in [7, 11) is 0. The van der Waals surface area contributed by atoms with Gasteiger partial charge in [-0.1, -0.05) is 65.2 Å². The van der Waals surface area contributed by atoms with Crippen LogP contribution in [0, 0.1) is 42.4 Å². The van der Waals surface area contributed by atoms with E-state index in [0.29, 0.717) is 17.4 Å². The van der Waals surface area contributed by atoms with Crippen molar-refractivity contribution in [3.8, 4) is 0 Å². The van der Waals surface area contributed by atoms with E-state index in [0.717, 1.165) is 22.0 Å². The van der Waals surface area contributed by atoms with Crippen molar-refractivity contribution in [2.45, 2.75) is 13.3 Å². The number of aryl methyl sites for hydroxylation is 1. The minimum absolute atomic E-state index is 0.00572. The molecular formula is C27H22Cl2N2O4. The van der Waals surface area contributed by atoms with Crippen LogP contribution in [-0.2, 0) is 9.59 Å². The molecule has 2 saturated carbocycles. The molecule has 4 aliphatic carbocycles. The molecule has 5 aliphatic rings. The number of halogens is 2. The molecule has 8 heteroatoms. The molecular weight excluding hydrogens is 487 g/mol. The Morgan fingerprint density at radius 1 is 0.886 bits per heavy atom. The Kier molecular flexibility index (Phi) is 5.17. The first kappa shape index (κ1) is 22.5. The highest BCUT2D eigenvalue weighted by Crippen LogP contribution is 2.65. The van der Waals surface area contributed by atoms with E-state index in [2.05, 4.69) is 12.2 Å².